The first-order valence-corrected chi connectivity index (χ1v) is 8.40. The molecule has 21 heavy (non-hydrogen) atoms. The number of rotatable bonds is 5. The minimum absolute atomic E-state index is 0.561. The fourth-order valence-electron chi connectivity index (χ4n) is 2.84. The molecule has 0 spiro atoms. The molecular formula is C18H19BrN2. The summed E-state index contributed by atoms with van der Waals surface area (Å²) in [6.45, 7) is 0. The highest BCUT2D eigenvalue weighted by molar-refractivity contribution is 9.09. The van der Waals surface area contributed by atoms with Crippen molar-refractivity contribution < 1.29 is 0 Å². The number of benzene rings is 2. The van der Waals surface area contributed by atoms with Crippen molar-refractivity contribution in [3.63, 3.8) is 0 Å². The van der Waals surface area contributed by atoms with Gasteiger partial charge in [-0.2, -0.15) is 5.10 Å². The molecule has 0 saturated carbocycles. The lowest BCUT2D eigenvalue weighted by Crippen LogP contribution is -2.10. The predicted octanol–water partition coefficient (Wildman–Crippen LogP) is 4.37. The first kappa shape index (κ1) is 14.3. The van der Waals surface area contributed by atoms with Crippen LogP contribution in [0.3, 0.4) is 0 Å². The minimum Gasteiger partial charge on any atom is -0.268 e. The van der Waals surface area contributed by atoms with Crippen molar-refractivity contribution in [3.8, 4) is 0 Å². The first-order valence-electron chi connectivity index (χ1n) is 7.28. The Hall–Kier alpha value is -1.61. The predicted molar refractivity (Wildman–Crippen MR) is 91.8 cm³/mol. The number of aromatic nitrogens is 2. The Kier molecular flexibility index (Phi) is 4.39. The van der Waals surface area contributed by atoms with Crippen LogP contribution in [0.1, 0.15) is 11.3 Å². The molecule has 0 bridgehead atoms. The van der Waals surface area contributed by atoms with Crippen molar-refractivity contribution in [2.24, 2.45) is 13.0 Å². The number of nitrogens with zero attached hydrogens (tertiary/aromatic N) is 2. The van der Waals surface area contributed by atoms with E-state index in [0.717, 1.165) is 18.2 Å². The monoisotopic (exact) mass is 342 g/mol. The van der Waals surface area contributed by atoms with E-state index in [1.165, 1.54) is 22.2 Å². The second-order valence-electron chi connectivity index (χ2n) is 5.50. The van der Waals surface area contributed by atoms with E-state index in [-0.39, 0.29) is 0 Å². The normalized spacial score (nSPS) is 12.7. The number of halogens is 1. The number of aryl methyl sites for hydroxylation is 1. The summed E-state index contributed by atoms with van der Waals surface area (Å²) < 4.78 is 1.98. The Bertz CT molecular complexity index is 718. The molecule has 0 aliphatic heterocycles. The van der Waals surface area contributed by atoms with Crippen LogP contribution in [-0.2, 0) is 19.9 Å². The molecule has 3 heteroatoms. The summed E-state index contributed by atoms with van der Waals surface area (Å²) in [7, 11) is 2.02. The summed E-state index contributed by atoms with van der Waals surface area (Å²) in [6.07, 6.45) is 2.08. The first-order chi connectivity index (χ1) is 10.3. The van der Waals surface area contributed by atoms with Crippen LogP contribution in [0.2, 0.25) is 0 Å². The van der Waals surface area contributed by atoms with Gasteiger partial charge < -0.3 is 0 Å². The van der Waals surface area contributed by atoms with Gasteiger partial charge in [-0.1, -0.05) is 64.5 Å². The van der Waals surface area contributed by atoms with E-state index in [2.05, 4.69) is 70.5 Å². The van der Waals surface area contributed by atoms with Crippen molar-refractivity contribution >= 4 is 26.8 Å². The second-order valence-corrected chi connectivity index (χ2v) is 6.15. The summed E-state index contributed by atoms with van der Waals surface area (Å²) in [6, 6.07) is 19.1. The van der Waals surface area contributed by atoms with Gasteiger partial charge in [-0.15, -0.1) is 0 Å². The average molecular weight is 343 g/mol. The third kappa shape index (κ3) is 3.18. The number of hydrogen-bond acceptors (Lipinski definition) is 1. The molecule has 108 valence electrons. The lowest BCUT2D eigenvalue weighted by Gasteiger charge is -2.13. The van der Waals surface area contributed by atoms with Gasteiger partial charge in [0.1, 0.15) is 0 Å². The van der Waals surface area contributed by atoms with E-state index in [9.17, 15) is 0 Å². The molecule has 2 aromatic carbocycles. The number of hydrogen-bond donors (Lipinski definition) is 0. The molecular weight excluding hydrogens is 324 g/mol. The molecule has 0 N–H and O–H groups in total. The number of alkyl halides is 1. The number of fused-ring (bicyclic) bond motifs is 1. The third-order valence-electron chi connectivity index (χ3n) is 3.90. The van der Waals surface area contributed by atoms with Crippen LogP contribution >= 0.6 is 15.9 Å². The van der Waals surface area contributed by atoms with Crippen LogP contribution in [0.15, 0.2) is 54.6 Å². The molecule has 0 amide bonds. The Morgan fingerprint density at radius 1 is 1.00 bits per heavy atom. The zero-order chi connectivity index (χ0) is 14.7. The van der Waals surface area contributed by atoms with Gasteiger partial charge in [0.25, 0.3) is 0 Å². The van der Waals surface area contributed by atoms with Gasteiger partial charge in [-0.3, -0.25) is 4.68 Å². The minimum atomic E-state index is 0.561. The topological polar surface area (TPSA) is 17.8 Å². The molecule has 2 nitrogen and oxygen atoms in total. The zero-order valence-electron chi connectivity index (χ0n) is 12.2. The van der Waals surface area contributed by atoms with Gasteiger partial charge in [-0.25, -0.2) is 0 Å². The van der Waals surface area contributed by atoms with Crippen LogP contribution in [0.4, 0.5) is 0 Å². The molecule has 3 rings (SSSR count). The van der Waals surface area contributed by atoms with Gasteiger partial charge in [0.05, 0.1) is 11.2 Å². The van der Waals surface area contributed by atoms with E-state index in [4.69, 9.17) is 5.10 Å². The zero-order valence-corrected chi connectivity index (χ0v) is 13.8. The van der Waals surface area contributed by atoms with Crippen LogP contribution in [0.5, 0.6) is 0 Å². The van der Waals surface area contributed by atoms with Crippen LogP contribution in [-0.4, -0.2) is 15.1 Å². The quantitative estimate of drug-likeness (QED) is 0.629. The molecule has 0 saturated heterocycles. The fraction of sp³-hybridized carbons (Fsp3) is 0.278. The van der Waals surface area contributed by atoms with Gasteiger partial charge in [-0.05, 0) is 30.4 Å². The lowest BCUT2D eigenvalue weighted by atomic mass is 9.95. The summed E-state index contributed by atoms with van der Waals surface area (Å²) >= 11 is 3.67. The maximum absolute atomic E-state index is 4.71. The Morgan fingerprint density at radius 2 is 1.71 bits per heavy atom. The summed E-state index contributed by atoms with van der Waals surface area (Å²) in [5, 5.41) is 6.98. The summed E-state index contributed by atoms with van der Waals surface area (Å²) in [5.41, 5.74) is 3.80. The Balaban J connectivity index is 1.83. The van der Waals surface area contributed by atoms with E-state index in [1.807, 2.05) is 11.7 Å². The largest absolute Gasteiger partial charge is 0.268 e. The van der Waals surface area contributed by atoms with Gasteiger partial charge >= 0.3 is 0 Å². The summed E-state index contributed by atoms with van der Waals surface area (Å²) in [5.74, 6) is 0.561. The Labute approximate surface area is 133 Å². The molecule has 0 aliphatic carbocycles. The van der Waals surface area contributed by atoms with Crippen LogP contribution < -0.4 is 0 Å². The smallest absolute Gasteiger partial charge is 0.0706 e. The van der Waals surface area contributed by atoms with Crippen molar-refractivity contribution in [2.45, 2.75) is 12.8 Å². The maximum atomic E-state index is 4.71. The van der Waals surface area contributed by atoms with Crippen molar-refractivity contribution in [3.05, 3.63) is 65.9 Å². The highest BCUT2D eigenvalue weighted by Crippen LogP contribution is 2.23. The van der Waals surface area contributed by atoms with E-state index in [0.29, 0.717) is 5.92 Å². The summed E-state index contributed by atoms with van der Waals surface area (Å²) in [4.78, 5) is 0. The molecule has 1 atom stereocenters. The number of para-hydroxylation sites is 1. The van der Waals surface area contributed by atoms with Gasteiger partial charge in [0.15, 0.2) is 0 Å². The second kappa shape index (κ2) is 6.44. The third-order valence-corrected chi connectivity index (χ3v) is 4.82. The van der Waals surface area contributed by atoms with Crippen LogP contribution in [0.25, 0.3) is 10.9 Å². The maximum Gasteiger partial charge on any atom is 0.0706 e. The fourth-order valence-corrected chi connectivity index (χ4v) is 3.30. The van der Waals surface area contributed by atoms with Crippen molar-refractivity contribution in [1.29, 1.82) is 0 Å². The molecule has 0 aliphatic rings. The SMILES string of the molecule is Cn1nc(CC(CBr)Cc2ccccc2)c2ccccc21. The Morgan fingerprint density at radius 3 is 2.48 bits per heavy atom. The van der Waals surface area contributed by atoms with Gasteiger partial charge in [0.2, 0.25) is 0 Å². The van der Waals surface area contributed by atoms with E-state index < -0.39 is 0 Å². The molecule has 1 aromatic heterocycles. The van der Waals surface area contributed by atoms with E-state index in [1.54, 1.807) is 0 Å². The van der Waals surface area contributed by atoms with Gasteiger partial charge in [0, 0.05) is 17.8 Å². The molecule has 0 radical (unpaired) electrons. The van der Waals surface area contributed by atoms with Crippen LogP contribution in [0, 0.1) is 5.92 Å². The molecule has 0 fully saturated rings. The standard InChI is InChI=1S/C18H19BrN2/c1-21-18-10-6-5-9-16(18)17(20-21)12-15(13-19)11-14-7-3-2-4-8-14/h2-10,15H,11-13H2,1H3. The van der Waals surface area contributed by atoms with Crippen molar-refractivity contribution in [1.82, 2.24) is 9.78 Å². The molecule has 1 unspecified atom stereocenters. The average Bonchev–Trinajstić information content (AvgIpc) is 2.84. The highest BCUT2D eigenvalue weighted by atomic mass is 79.9. The van der Waals surface area contributed by atoms with Crippen molar-refractivity contribution in [2.75, 3.05) is 5.33 Å². The molecule has 3 aromatic rings. The lowest BCUT2D eigenvalue weighted by molar-refractivity contribution is 0.577. The van der Waals surface area contributed by atoms with E-state index >= 15 is 0 Å². The highest BCUT2D eigenvalue weighted by Gasteiger charge is 2.14. The molecule has 1 heterocycles.